The molecule has 4 rings (SSSR count). The summed E-state index contributed by atoms with van der Waals surface area (Å²) in [6.07, 6.45) is 5.84. The van der Waals surface area contributed by atoms with Gasteiger partial charge >= 0.3 is 18.9 Å². The smallest absolute Gasteiger partial charge is 0.542 e. The minimum atomic E-state index is -0.708. The molecule has 2 aromatic heterocycles. The second kappa shape index (κ2) is 25.2. The molecule has 0 saturated heterocycles. The fraction of sp³-hybridized carbons (Fsp3) is 0.350. The van der Waals surface area contributed by atoms with Gasteiger partial charge in [-0.05, 0) is 62.2 Å². The zero-order valence-corrected chi connectivity index (χ0v) is 34.6. The molecule has 13 nitrogen and oxygen atoms in total. The summed E-state index contributed by atoms with van der Waals surface area (Å²) in [5.41, 5.74) is 11.6. The zero-order chi connectivity index (χ0) is 41.5. The van der Waals surface area contributed by atoms with Crippen molar-refractivity contribution >= 4 is 58.6 Å². The second-order valence-electron chi connectivity index (χ2n) is 12.9. The van der Waals surface area contributed by atoms with Gasteiger partial charge in [0.25, 0.3) is 0 Å². The van der Waals surface area contributed by atoms with Crippen molar-refractivity contribution < 1.29 is 57.4 Å². The van der Waals surface area contributed by atoms with Crippen LogP contribution >= 0.6 is 23.2 Å². The summed E-state index contributed by atoms with van der Waals surface area (Å²) in [5, 5.41) is 17.8. The number of hydrogen-bond donors (Lipinski definition) is 6. The van der Waals surface area contributed by atoms with Crippen LogP contribution in [0.5, 0.6) is 0 Å². The van der Waals surface area contributed by atoms with E-state index in [1.54, 1.807) is 13.0 Å². The quantitative estimate of drug-likeness (QED) is 0.0368. The first kappa shape index (κ1) is 51.7. The summed E-state index contributed by atoms with van der Waals surface area (Å²) < 4.78 is 30.5. The fourth-order valence-electron chi connectivity index (χ4n) is 5.79. The number of aliphatic hydroxyl groups is 1. The molecule has 0 fully saturated rings. The van der Waals surface area contributed by atoms with Gasteiger partial charge in [-0.1, -0.05) is 56.1 Å². The van der Waals surface area contributed by atoms with E-state index in [1.165, 1.54) is 54.9 Å². The van der Waals surface area contributed by atoms with Crippen molar-refractivity contribution in [3.05, 3.63) is 116 Å². The van der Waals surface area contributed by atoms with Crippen molar-refractivity contribution in [2.45, 2.75) is 77.5 Å². The molecule has 18 heteroatoms. The molecule has 0 bridgehead atoms. The van der Waals surface area contributed by atoms with Crippen LogP contribution in [-0.2, 0) is 15.1 Å². The number of amides is 1. The predicted molar refractivity (Wildman–Crippen MR) is 218 cm³/mol. The van der Waals surface area contributed by atoms with Crippen LogP contribution in [0.2, 0.25) is 10.0 Å². The topological polar surface area (TPSA) is 235 Å². The van der Waals surface area contributed by atoms with Gasteiger partial charge in [0.15, 0.2) is 11.6 Å². The average molecular weight is 840 g/mol. The summed E-state index contributed by atoms with van der Waals surface area (Å²) >= 11 is 12.3. The molecule has 2 aromatic carbocycles. The van der Waals surface area contributed by atoms with Gasteiger partial charge in [0.05, 0.1) is 27.8 Å². The van der Waals surface area contributed by atoms with E-state index in [-0.39, 0.29) is 124 Å². The summed E-state index contributed by atoms with van der Waals surface area (Å²) in [5.74, 6) is -2.25. The third-order valence-electron chi connectivity index (χ3n) is 8.65. The van der Waals surface area contributed by atoms with Gasteiger partial charge in [0.1, 0.15) is 23.3 Å². The summed E-state index contributed by atoms with van der Waals surface area (Å²) in [4.78, 5) is 55.7. The average Bonchev–Trinajstić information content (AvgIpc) is 3.16. The molecule has 0 saturated carbocycles. The number of nitrogens with zero attached hydrogens (tertiary/aromatic N) is 2. The third-order valence-corrected chi connectivity index (χ3v) is 9.28. The van der Waals surface area contributed by atoms with Crippen molar-refractivity contribution in [3.63, 3.8) is 0 Å². The van der Waals surface area contributed by atoms with E-state index >= 15 is 8.78 Å². The van der Waals surface area contributed by atoms with Crippen LogP contribution in [-0.4, -0.2) is 64.1 Å². The number of halogens is 4. The monoisotopic (exact) mass is 838 g/mol. The van der Waals surface area contributed by atoms with Gasteiger partial charge in [-0.3, -0.25) is 20.7 Å². The molecule has 308 valence electrons. The Balaban J connectivity index is 0.000000566. The zero-order valence-electron chi connectivity index (χ0n) is 33.0. The fourth-order valence-corrected chi connectivity index (χ4v) is 6.25. The van der Waals surface area contributed by atoms with Gasteiger partial charge in [0.2, 0.25) is 5.91 Å². The molecule has 11 N–H and O–H groups in total. The van der Waals surface area contributed by atoms with Crippen molar-refractivity contribution in [1.29, 1.82) is 0 Å². The molecule has 4 atom stereocenters. The molecule has 0 spiro atoms. The standard InChI is InChI=1S/C21H26ClFN4O3.C19H20ClFN3O2.Li.H2O/c1-3-16(27-12(2)10-18(29)25-8-9-28)14-5-6-15(22)19(20(14)23)21(30)13-4-7-17(24)26-11-13;1-3-15(24-11(2)8-9-25)13-5-6-14(20)17(18(13)21)19(26)12-4-7-16(22)23-10-12;;/h4-7,11-12,16,27-28H,3,8-10H2,1-2H3,(H2,24,26)(H,25,29);4-7,10-11,15,24H,3,8H2,1-2H3,(H2,22,23);;1H2/q;-1;+1;/p+1/t12-,16+;11?,15-;;/m01../s1. The number of anilines is 2. The number of hydrogen-bond acceptors (Lipinski definition) is 11. The maximum Gasteiger partial charge on any atom is 1.00 e. The third kappa shape index (κ3) is 14.2. The van der Waals surface area contributed by atoms with Gasteiger partial charge < -0.3 is 42.8 Å². The van der Waals surface area contributed by atoms with Crippen LogP contribution in [0.25, 0.3) is 0 Å². The molecule has 2 heterocycles. The Labute approximate surface area is 358 Å². The SMILES string of the molecule is CC[C@@H](NC(C)C[C-]=O)c1ccc(Cl)c(C(=O)c2ccc(N)nc2)c1F.CC[C@@H](N[C@@H](C)CC(=O)NCCO)c1ccc(Cl)c(C(=O)c2ccc(N)nc2)c1F.[Li+].[OH3+]. The molecule has 0 aliphatic carbocycles. The summed E-state index contributed by atoms with van der Waals surface area (Å²) in [6, 6.07) is 10.7. The second-order valence-corrected chi connectivity index (χ2v) is 13.8. The molecule has 1 unspecified atom stereocenters. The number of carbonyl (C=O) groups excluding carboxylic acids is 4. The van der Waals surface area contributed by atoms with Crippen molar-refractivity contribution in [2.24, 2.45) is 0 Å². The van der Waals surface area contributed by atoms with Crippen LogP contribution in [0, 0.1) is 11.6 Å². The maximum absolute atomic E-state index is 15.4. The van der Waals surface area contributed by atoms with Gasteiger partial charge in [-0.15, -0.1) is 6.42 Å². The minimum absolute atomic E-state index is 0. The van der Waals surface area contributed by atoms with Gasteiger partial charge in [0, 0.05) is 65.7 Å². The predicted octanol–water partition coefficient (Wildman–Crippen LogP) is 2.31. The summed E-state index contributed by atoms with van der Waals surface area (Å²) in [6.45, 7) is 7.42. The number of pyridine rings is 2. The molecule has 1 amide bonds. The van der Waals surface area contributed by atoms with Crippen molar-refractivity contribution in [2.75, 3.05) is 24.6 Å². The number of nitrogens with one attached hydrogen (secondary N) is 3. The molecule has 58 heavy (non-hydrogen) atoms. The first-order valence-corrected chi connectivity index (χ1v) is 18.7. The molecular weight excluding hydrogens is 790 g/mol. The Hall–Kier alpha value is -4.30. The first-order chi connectivity index (χ1) is 26.7. The van der Waals surface area contributed by atoms with E-state index in [4.69, 9.17) is 39.8 Å². The Morgan fingerprint density at radius 2 is 1.21 bits per heavy atom. The van der Waals surface area contributed by atoms with Crippen LogP contribution in [0.15, 0.2) is 60.9 Å². The summed E-state index contributed by atoms with van der Waals surface area (Å²) in [7, 11) is 0. The van der Waals surface area contributed by atoms with Crippen LogP contribution in [0.3, 0.4) is 0 Å². The maximum atomic E-state index is 15.4. The Kier molecular flexibility index (Phi) is 22.5. The largest absolute Gasteiger partial charge is 1.00 e. The Morgan fingerprint density at radius 3 is 1.57 bits per heavy atom. The van der Waals surface area contributed by atoms with E-state index in [2.05, 4.69) is 25.9 Å². The van der Waals surface area contributed by atoms with Crippen molar-refractivity contribution in [1.82, 2.24) is 25.9 Å². The minimum Gasteiger partial charge on any atom is -0.542 e. The number of carbonyl (C=O) groups is 3. The number of benzene rings is 2. The normalized spacial score (nSPS) is 12.6. The number of nitrogen functional groups attached to an aromatic ring is 2. The number of ketones is 2. The van der Waals surface area contributed by atoms with E-state index in [0.717, 1.165) is 0 Å². The van der Waals surface area contributed by atoms with Gasteiger partial charge in [-0.25, -0.2) is 18.7 Å². The van der Waals surface area contributed by atoms with E-state index in [1.807, 2.05) is 27.1 Å². The van der Waals surface area contributed by atoms with E-state index < -0.39 is 29.2 Å². The Morgan fingerprint density at radius 1 is 0.776 bits per heavy atom. The molecule has 0 radical (unpaired) electrons. The Bertz CT molecular complexity index is 1980. The molecular formula is C40H49Cl2F2LiN7O6+. The van der Waals surface area contributed by atoms with Crippen LogP contribution in [0.4, 0.5) is 20.4 Å². The molecule has 0 aliphatic heterocycles. The van der Waals surface area contributed by atoms with E-state index in [9.17, 15) is 19.2 Å². The van der Waals surface area contributed by atoms with Gasteiger partial charge in [-0.2, -0.15) is 0 Å². The van der Waals surface area contributed by atoms with Crippen LogP contribution in [0.1, 0.15) is 108 Å². The number of aliphatic hydroxyl groups excluding tert-OH is 1. The number of aromatic nitrogens is 2. The molecule has 0 aliphatic rings. The number of nitrogens with two attached hydrogens (primary N) is 2. The van der Waals surface area contributed by atoms with Crippen molar-refractivity contribution in [3.8, 4) is 0 Å². The van der Waals surface area contributed by atoms with Crippen LogP contribution < -0.4 is 46.3 Å². The first-order valence-electron chi connectivity index (χ1n) is 17.9. The molecule has 4 aromatic rings. The number of rotatable bonds is 18. The van der Waals surface area contributed by atoms with E-state index in [0.29, 0.717) is 18.4 Å².